The van der Waals surface area contributed by atoms with Crippen LogP contribution in [0.5, 0.6) is 0 Å². The van der Waals surface area contributed by atoms with Crippen LogP contribution in [0.25, 0.3) is 4.96 Å². The quantitative estimate of drug-likeness (QED) is 0.770. The van der Waals surface area contributed by atoms with Crippen LogP contribution in [0, 0.1) is 13.8 Å². The molecule has 0 spiro atoms. The van der Waals surface area contributed by atoms with Crippen molar-refractivity contribution >= 4 is 16.3 Å². The van der Waals surface area contributed by atoms with Crippen molar-refractivity contribution in [2.75, 3.05) is 5.43 Å². The first-order valence-electron chi connectivity index (χ1n) is 5.54. The van der Waals surface area contributed by atoms with Gasteiger partial charge in [0.15, 0.2) is 4.96 Å². The first-order valence-corrected chi connectivity index (χ1v) is 6.42. The molecule has 0 aliphatic rings. The third-order valence-corrected chi connectivity index (χ3v) is 3.60. The Balaban J connectivity index is 1.78. The summed E-state index contributed by atoms with van der Waals surface area (Å²) in [5.41, 5.74) is 6.86. The van der Waals surface area contributed by atoms with E-state index in [0.29, 0.717) is 0 Å². The molecule has 3 heterocycles. The third kappa shape index (κ3) is 1.82. The standard InChI is InChI=1S/C12H14N4S/c1-9-3-4-10(2)16(9)13-7-11-8-15-5-6-17-12(15)14-11/h3-6,8,13H,7H2,1-2H3. The Labute approximate surface area is 104 Å². The molecule has 0 aliphatic carbocycles. The Hall–Kier alpha value is -1.75. The van der Waals surface area contributed by atoms with Crippen LogP contribution < -0.4 is 5.43 Å². The average molecular weight is 246 g/mol. The minimum atomic E-state index is 0.741. The summed E-state index contributed by atoms with van der Waals surface area (Å²) >= 11 is 1.66. The Morgan fingerprint density at radius 3 is 2.76 bits per heavy atom. The lowest BCUT2D eigenvalue weighted by Gasteiger charge is -2.10. The molecule has 3 rings (SSSR count). The van der Waals surface area contributed by atoms with E-state index < -0.39 is 0 Å². The van der Waals surface area contributed by atoms with E-state index in [9.17, 15) is 0 Å². The van der Waals surface area contributed by atoms with E-state index in [0.717, 1.165) is 17.2 Å². The van der Waals surface area contributed by atoms with Crippen molar-refractivity contribution in [3.63, 3.8) is 0 Å². The highest BCUT2D eigenvalue weighted by Crippen LogP contribution is 2.12. The molecule has 3 aromatic rings. The molecule has 0 saturated heterocycles. The van der Waals surface area contributed by atoms with E-state index in [-0.39, 0.29) is 0 Å². The van der Waals surface area contributed by atoms with Crippen molar-refractivity contribution < 1.29 is 0 Å². The topological polar surface area (TPSA) is 34.3 Å². The summed E-state index contributed by atoms with van der Waals surface area (Å²) < 4.78 is 4.14. The summed E-state index contributed by atoms with van der Waals surface area (Å²) in [5.74, 6) is 0. The number of hydrogen-bond donors (Lipinski definition) is 1. The van der Waals surface area contributed by atoms with Gasteiger partial charge in [0.25, 0.3) is 0 Å². The highest BCUT2D eigenvalue weighted by molar-refractivity contribution is 7.15. The van der Waals surface area contributed by atoms with Gasteiger partial charge in [0.2, 0.25) is 0 Å². The fourth-order valence-corrected chi connectivity index (χ4v) is 2.66. The minimum Gasteiger partial charge on any atom is -0.320 e. The first-order chi connectivity index (χ1) is 8.24. The number of aromatic nitrogens is 3. The number of aryl methyl sites for hydroxylation is 2. The second-order valence-corrected chi connectivity index (χ2v) is 4.98. The zero-order chi connectivity index (χ0) is 11.8. The summed E-state index contributed by atoms with van der Waals surface area (Å²) in [5, 5.41) is 2.04. The van der Waals surface area contributed by atoms with Crippen LogP contribution in [0.3, 0.4) is 0 Å². The average Bonchev–Trinajstić information content (AvgIpc) is 2.92. The smallest absolute Gasteiger partial charge is 0.193 e. The van der Waals surface area contributed by atoms with Gasteiger partial charge < -0.3 is 5.43 Å². The van der Waals surface area contributed by atoms with Gasteiger partial charge in [-0.15, -0.1) is 11.3 Å². The van der Waals surface area contributed by atoms with Gasteiger partial charge in [-0.1, -0.05) is 0 Å². The largest absolute Gasteiger partial charge is 0.320 e. The van der Waals surface area contributed by atoms with Gasteiger partial charge in [-0.05, 0) is 26.0 Å². The summed E-state index contributed by atoms with van der Waals surface area (Å²) in [6, 6.07) is 4.21. The predicted octanol–water partition coefficient (Wildman–Crippen LogP) is 2.56. The fourth-order valence-electron chi connectivity index (χ4n) is 1.94. The highest BCUT2D eigenvalue weighted by Gasteiger charge is 2.04. The third-order valence-electron chi connectivity index (χ3n) is 2.83. The SMILES string of the molecule is Cc1ccc(C)n1NCc1cn2ccsc2n1. The summed E-state index contributed by atoms with van der Waals surface area (Å²) in [4.78, 5) is 5.58. The minimum absolute atomic E-state index is 0.741. The van der Waals surface area contributed by atoms with Gasteiger partial charge in [0.05, 0.1) is 12.2 Å². The molecule has 0 aromatic carbocycles. The molecule has 0 atom stereocenters. The van der Waals surface area contributed by atoms with Crippen molar-refractivity contribution in [1.29, 1.82) is 0 Å². The van der Waals surface area contributed by atoms with Gasteiger partial charge in [-0.3, -0.25) is 9.08 Å². The number of fused-ring (bicyclic) bond motifs is 1. The van der Waals surface area contributed by atoms with Crippen LogP contribution >= 0.6 is 11.3 Å². The zero-order valence-electron chi connectivity index (χ0n) is 9.84. The van der Waals surface area contributed by atoms with Crippen molar-refractivity contribution in [2.24, 2.45) is 0 Å². The summed E-state index contributed by atoms with van der Waals surface area (Å²) in [6.45, 7) is 4.92. The molecule has 0 radical (unpaired) electrons. The molecular weight excluding hydrogens is 232 g/mol. The molecule has 1 N–H and O–H groups in total. The molecule has 0 aliphatic heterocycles. The molecule has 0 amide bonds. The Kier molecular flexibility index (Phi) is 2.40. The van der Waals surface area contributed by atoms with Crippen LogP contribution in [0.4, 0.5) is 0 Å². The lowest BCUT2D eigenvalue weighted by Crippen LogP contribution is -2.17. The summed E-state index contributed by atoms with van der Waals surface area (Å²) in [7, 11) is 0. The number of rotatable bonds is 3. The maximum absolute atomic E-state index is 4.54. The van der Waals surface area contributed by atoms with E-state index >= 15 is 0 Å². The number of nitrogens with zero attached hydrogens (tertiary/aromatic N) is 3. The van der Waals surface area contributed by atoms with Crippen LogP contribution in [-0.2, 0) is 6.54 Å². The Bertz CT molecular complexity index is 598. The van der Waals surface area contributed by atoms with E-state index in [1.54, 1.807) is 11.3 Å². The Morgan fingerprint density at radius 1 is 1.29 bits per heavy atom. The number of hydrogen-bond acceptors (Lipinski definition) is 3. The predicted molar refractivity (Wildman–Crippen MR) is 70.0 cm³/mol. The molecule has 4 nitrogen and oxygen atoms in total. The maximum Gasteiger partial charge on any atom is 0.193 e. The van der Waals surface area contributed by atoms with E-state index in [2.05, 4.69) is 51.7 Å². The van der Waals surface area contributed by atoms with E-state index in [1.807, 2.05) is 11.6 Å². The monoisotopic (exact) mass is 246 g/mol. The molecule has 17 heavy (non-hydrogen) atoms. The molecule has 0 bridgehead atoms. The van der Waals surface area contributed by atoms with E-state index in [4.69, 9.17) is 0 Å². The van der Waals surface area contributed by atoms with Gasteiger partial charge in [-0.2, -0.15) is 0 Å². The maximum atomic E-state index is 4.54. The lowest BCUT2D eigenvalue weighted by molar-refractivity contribution is 0.784. The molecule has 0 unspecified atom stereocenters. The molecule has 0 fully saturated rings. The normalized spacial score (nSPS) is 11.2. The van der Waals surface area contributed by atoms with Crippen LogP contribution in [0.1, 0.15) is 17.1 Å². The summed E-state index contributed by atoms with van der Waals surface area (Å²) in [6.07, 6.45) is 4.09. The Morgan fingerprint density at radius 2 is 2.06 bits per heavy atom. The van der Waals surface area contributed by atoms with Crippen LogP contribution in [0.15, 0.2) is 29.9 Å². The molecular formula is C12H14N4S. The molecule has 3 aromatic heterocycles. The van der Waals surface area contributed by atoms with Crippen LogP contribution in [-0.4, -0.2) is 14.1 Å². The van der Waals surface area contributed by atoms with Gasteiger partial charge in [-0.25, -0.2) is 4.98 Å². The number of thiazole rings is 1. The zero-order valence-corrected chi connectivity index (χ0v) is 10.7. The first kappa shape index (κ1) is 10.4. The van der Waals surface area contributed by atoms with Crippen molar-refractivity contribution in [3.05, 3.63) is 47.0 Å². The highest BCUT2D eigenvalue weighted by atomic mass is 32.1. The van der Waals surface area contributed by atoms with Gasteiger partial charge in [0, 0.05) is 29.2 Å². The van der Waals surface area contributed by atoms with E-state index in [1.165, 1.54) is 11.4 Å². The van der Waals surface area contributed by atoms with Crippen LogP contribution in [0.2, 0.25) is 0 Å². The molecule has 88 valence electrons. The van der Waals surface area contributed by atoms with Crippen molar-refractivity contribution in [3.8, 4) is 0 Å². The van der Waals surface area contributed by atoms with Gasteiger partial charge >= 0.3 is 0 Å². The van der Waals surface area contributed by atoms with Gasteiger partial charge in [0.1, 0.15) is 0 Å². The second-order valence-electron chi connectivity index (χ2n) is 4.11. The number of nitrogens with one attached hydrogen (secondary N) is 1. The molecule has 0 saturated carbocycles. The fraction of sp³-hybridized carbons (Fsp3) is 0.250. The molecule has 5 heteroatoms. The van der Waals surface area contributed by atoms with Crippen molar-refractivity contribution in [2.45, 2.75) is 20.4 Å². The second kappa shape index (κ2) is 3.92. The van der Waals surface area contributed by atoms with Crippen molar-refractivity contribution in [1.82, 2.24) is 14.1 Å². The number of imidazole rings is 1. The lowest BCUT2D eigenvalue weighted by atomic mass is 10.5.